The highest BCUT2D eigenvalue weighted by Crippen LogP contribution is 2.13. The number of azide groups is 1. The van der Waals surface area contributed by atoms with Crippen LogP contribution in [0.4, 0.5) is 0 Å². The van der Waals surface area contributed by atoms with Crippen LogP contribution in [0.2, 0.25) is 0 Å². The molecule has 0 bridgehead atoms. The highest BCUT2D eigenvalue weighted by atomic mass is 16.1. The zero-order chi connectivity index (χ0) is 14.1. The van der Waals surface area contributed by atoms with Gasteiger partial charge in [0.15, 0.2) is 5.78 Å². The first-order valence-corrected chi connectivity index (χ1v) is 6.12. The molecule has 0 aliphatic carbocycles. The fraction of sp³-hybridized carbons (Fsp3) is 0.267. The van der Waals surface area contributed by atoms with E-state index in [-0.39, 0.29) is 5.78 Å². The van der Waals surface area contributed by atoms with E-state index in [4.69, 9.17) is 5.53 Å². The quantitative estimate of drug-likeness (QED) is 0.235. The summed E-state index contributed by atoms with van der Waals surface area (Å²) in [5, 5.41) is 3.43. The number of benzene rings is 1. The molecule has 0 amide bonds. The monoisotopic (exact) mass is 255 g/mol. The number of ketones is 1. The average molecular weight is 255 g/mol. The third-order valence-corrected chi connectivity index (χ3v) is 2.66. The van der Waals surface area contributed by atoms with E-state index < -0.39 is 0 Å². The number of carbonyl (C=O) groups is 1. The molecule has 0 radical (unpaired) electrons. The molecular formula is C15H17N3O. The van der Waals surface area contributed by atoms with Gasteiger partial charge in [-0.25, -0.2) is 0 Å². The second-order valence-corrected chi connectivity index (χ2v) is 4.23. The standard InChI is InChI=1S/C15H17N3O/c1-12(7-6-10-17-18-16)15(19)13(2)11-14-8-4-3-5-9-14/h3-5,8-9,11H,1,6-7,10H2,2H3/b13-11-. The molecule has 0 unspecified atom stereocenters. The molecule has 0 spiro atoms. The predicted molar refractivity (Wildman–Crippen MR) is 77.5 cm³/mol. The zero-order valence-corrected chi connectivity index (χ0v) is 11.0. The molecule has 0 N–H and O–H groups in total. The molecule has 0 saturated heterocycles. The Hall–Kier alpha value is -2.32. The van der Waals surface area contributed by atoms with Gasteiger partial charge in [0.1, 0.15) is 0 Å². The van der Waals surface area contributed by atoms with Crippen molar-refractivity contribution in [3.05, 3.63) is 64.1 Å². The van der Waals surface area contributed by atoms with Gasteiger partial charge in [0.25, 0.3) is 0 Å². The summed E-state index contributed by atoms with van der Waals surface area (Å²) in [4.78, 5) is 14.7. The topological polar surface area (TPSA) is 65.8 Å². The Labute approximate surface area is 113 Å². The fourth-order valence-electron chi connectivity index (χ4n) is 1.67. The van der Waals surface area contributed by atoms with E-state index in [2.05, 4.69) is 16.6 Å². The average Bonchev–Trinajstić information content (AvgIpc) is 2.43. The molecule has 4 nitrogen and oxygen atoms in total. The van der Waals surface area contributed by atoms with Crippen LogP contribution in [-0.2, 0) is 4.79 Å². The third-order valence-electron chi connectivity index (χ3n) is 2.66. The van der Waals surface area contributed by atoms with Gasteiger partial charge < -0.3 is 0 Å². The lowest BCUT2D eigenvalue weighted by molar-refractivity contribution is -0.112. The van der Waals surface area contributed by atoms with Crippen molar-refractivity contribution < 1.29 is 4.79 Å². The summed E-state index contributed by atoms with van der Waals surface area (Å²) in [5.41, 5.74) is 10.4. The molecule has 19 heavy (non-hydrogen) atoms. The van der Waals surface area contributed by atoms with E-state index >= 15 is 0 Å². The highest BCUT2D eigenvalue weighted by Gasteiger charge is 2.08. The normalized spacial score (nSPS) is 10.7. The SMILES string of the molecule is C=C(CCCN=[N+]=[N-])C(=O)/C(C)=C\c1ccccc1. The van der Waals surface area contributed by atoms with Gasteiger partial charge in [0.05, 0.1) is 0 Å². The lowest BCUT2D eigenvalue weighted by Gasteiger charge is -2.04. The maximum absolute atomic E-state index is 12.0. The highest BCUT2D eigenvalue weighted by molar-refractivity contribution is 6.10. The summed E-state index contributed by atoms with van der Waals surface area (Å²) in [6.45, 7) is 5.97. The molecule has 0 saturated carbocycles. The number of hydrogen-bond acceptors (Lipinski definition) is 2. The van der Waals surface area contributed by atoms with E-state index in [0.29, 0.717) is 30.5 Å². The summed E-state index contributed by atoms with van der Waals surface area (Å²) in [6.07, 6.45) is 3.05. The predicted octanol–water partition coefficient (Wildman–Crippen LogP) is 4.31. The van der Waals surface area contributed by atoms with Gasteiger partial charge >= 0.3 is 0 Å². The Kier molecular flexibility index (Phi) is 6.13. The van der Waals surface area contributed by atoms with Crippen LogP contribution in [0, 0.1) is 0 Å². The van der Waals surface area contributed by atoms with Crippen LogP contribution < -0.4 is 0 Å². The number of carbonyl (C=O) groups excluding carboxylic acids is 1. The summed E-state index contributed by atoms with van der Waals surface area (Å²) in [6, 6.07) is 9.68. The van der Waals surface area contributed by atoms with E-state index in [9.17, 15) is 4.79 Å². The van der Waals surface area contributed by atoms with Crippen LogP contribution in [0.5, 0.6) is 0 Å². The van der Waals surface area contributed by atoms with E-state index in [0.717, 1.165) is 5.56 Å². The molecule has 0 fully saturated rings. The number of nitrogens with zero attached hydrogens (tertiary/aromatic N) is 3. The maximum atomic E-state index is 12.0. The van der Waals surface area contributed by atoms with Crippen LogP contribution in [-0.4, -0.2) is 12.3 Å². The lowest BCUT2D eigenvalue weighted by atomic mass is 10.0. The molecule has 0 aliphatic rings. The Morgan fingerprint density at radius 2 is 2.11 bits per heavy atom. The van der Waals surface area contributed by atoms with E-state index in [1.165, 1.54) is 0 Å². The van der Waals surface area contributed by atoms with Crippen LogP contribution in [0.3, 0.4) is 0 Å². The number of rotatable bonds is 7. The maximum Gasteiger partial charge on any atom is 0.184 e. The van der Waals surface area contributed by atoms with Crippen LogP contribution in [0.1, 0.15) is 25.3 Å². The van der Waals surface area contributed by atoms with Crippen LogP contribution in [0.15, 0.2) is 53.2 Å². The molecule has 1 aromatic rings. The van der Waals surface area contributed by atoms with E-state index in [1.807, 2.05) is 36.4 Å². The van der Waals surface area contributed by atoms with Crippen LogP contribution in [0.25, 0.3) is 16.5 Å². The Morgan fingerprint density at radius 3 is 2.74 bits per heavy atom. The molecule has 0 atom stereocenters. The van der Waals surface area contributed by atoms with Gasteiger partial charge in [-0.1, -0.05) is 42.0 Å². The first kappa shape index (κ1) is 14.7. The van der Waals surface area contributed by atoms with Crippen molar-refractivity contribution in [2.45, 2.75) is 19.8 Å². The first-order chi connectivity index (χ1) is 9.15. The van der Waals surface area contributed by atoms with Crippen LogP contribution >= 0.6 is 0 Å². The van der Waals surface area contributed by atoms with Crippen molar-refractivity contribution in [1.82, 2.24) is 0 Å². The van der Waals surface area contributed by atoms with Gasteiger partial charge in [-0.05, 0) is 48.1 Å². The Balaban J connectivity index is 2.59. The van der Waals surface area contributed by atoms with Crippen molar-refractivity contribution >= 4 is 11.9 Å². The van der Waals surface area contributed by atoms with Crippen molar-refractivity contribution in [2.24, 2.45) is 5.11 Å². The van der Waals surface area contributed by atoms with E-state index in [1.54, 1.807) is 6.92 Å². The van der Waals surface area contributed by atoms with Crippen molar-refractivity contribution in [1.29, 1.82) is 0 Å². The second-order valence-electron chi connectivity index (χ2n) is 4.23. The Morgan fingerprint density at radius 1 is 1.42 bits per heavy atom. The zero-order valence-electron chi connectivity index (χ0n) is 11.0. The number of allylic oxidation sites excluding steroid dienone is 2. The number of Topliss-reactive ketones (excluding diaryl/α,β-unsaturated/α-hetero) is 1. The molecule has 4 heteroatoms. The molecule has 0 aromatic heterocycles. The molecule has 1 aromatic carbocycles. The minimum atomic E-state index is -0.0372. The summed E-state index contributed by atoms with van der Waals surface area (Å²) < 4.78 is 0. The molecule has 0 aliphatic heterocycles. The minimum Gasteiger partial charge on any atom is -0.289 e. The lowest BCUT2D eigenvalue weighted by Crippen LogP contribution is -2.03. The summed E-state index contributed by atoms with van der Waals surface area (Å²) in [5.74, 6) is -0.0372. The first-order valence-electron chi connectivity index (χ1n) is 6.12. The van der Waals surface area contributed by atoms with Gasteiger partial charge in [-0.3, -0.25) is 4.79 Å². The molecule has 98 valence electrons. The fourth-order valence-corrected chi connectivity index (χ4v) is 1.67. The summed E-state index contributed by atoms with van der Waals surface area (Å²) in [7, 11) is 0. The Bertz CT molecular complexity index is 526. The number of hydrogen-bond donors (Lipinski definition) is 0. The molecule has 1 rings (SSSR count). The minimum absolute atomic E-state index is 0.0372. The smallest absolute Gasteiger partial charge is 0.184 e. The van der Waals surface area contributed by atoms with Crippen molar-refractivity contribution in [2.75, 3.05) is 6.54 Å². The van der Waals surface area contributed by atoms with Gasteiger partial charge in [-0.2, -0.15) is 0 Å². The van der Waals surface area contributed by atoms with Gasteiger partial charge in [0, 0.05) is 11.5 Å². The molecule has 0 heterocycles. The summed E-state index contributed by atoms with van der Waals surface area (Å²) >= 11 is 0. The van der Waals surface area contributed by atoms with Gasteiger partial charge in [-0.15, -0.1) is 0 Å². The van der Waals surface area contributed by atoms with Gasteiger partial charge in [0.2, 0.25) is 0 Å². The third kappa shape index (κ3) is 5.23. The second kappa shape index (κ2) is 7.90. The van der Waals surface area contributed by atoms with Crippen molar-refractivity contribution in [3.8, 4) is 0 Å². The molecular weight excluding hydrogens is 238 g/mol. The van der Waals surface area contributed by atoms with Crippen molar-refractivity contribution in [3.63, 3.8) is 0 Å². The largest absolute Gasteiger partial charge is 0.289 e.